The quantitative estimate of drug-likeness (QED) is 0.878. The third kappa shape index (κ3) is 4.53. The van der Waals surface area contributed by atoms with Crippen molar-refractivity contribution in [1.29, 1.82) is 0 Å². The summed E-state index contributed by atoms with van der Waals surface area (Å²) in [5, 5.41) is 8.84. The smallest absolute Gasteiger partial charge is 0.238 e. The van der Waals surface area contributed by atoms with E-state index in [1.165, 1.54) is 32.1 Å². The van der Waals surface area contributed by atoms with Gasteiger partial charge in [0, 0.05) is 12.1 Å². The molecule has 21 heavy (non-hydrogen) atoms. The van der Waals surface area contributed by atoms with Crippen molar-refractivity contribution in [3.05, 3.63) is 29.8 Å². The lowest BCUT2D eigenvalue weighted by molar-refractivity contribution is 0.266. The van der Waals surface area contributed by atoms with Crippen molar-refractivity contribution in [3.63, 3.8) is 0 Å². The summed E-state index contributed by atoms with van der Waals surface area (Å²) in [6.07, 6.45) is 6.28. The Morgan fingerprint density at radius 1 is 1.38 bits per heavy atom. The van der Waals surface area contributed by atoms with Gasteiger partial charge in [0.1, 0.15) is 0 Å². The fraction of sp³-hybridized carbons (Fsp3) is 0.625. The van der Waals surface area contributed by atoms with Gasteiger partial charge in [-0.3, -0.25) is 0 Å². The molecule has 1 aromatic carbocycles. The molecule has 5 heteroatoms. The molecule has 3 N–H and O–H groups in total. The van der Waals surface area contributed by atoms with Gasteiger partial charge in [-0.2, -0.15) is 0 Å². The highest BCUT2D eigenvalue weighted by molar-refractivity contribution is 7.89. The van der Waals surface area contributed by atoms with E-state index in [9.17, 15) is 8.42 Å². The van der Waals surface area contributed by atoms with Gasteiger partial charge < -0.3 is 5.32 Å². The molecule has 0 amide bonds. The summed E-state index contributed by atoms with van der Waals surface area (Å²) in [6.45, 7) is 4.34. The van der Waals surface area contributed by atoms with Crippen molar-refractivity contribution in [2.45, 2.75) is 62.9 Å². The lowest BCUT2D eigenvalue weighted by atomic mass is 9.84. The van der Waals surface area contributed by atoms with Gasteiger partial charge in [0.2, 0.25) is 10.0 Å². The molecular formula is C16H26N2O2S. The van der Waals surface area contributed by atoms with Gasteiger partial charge in [0.05, 0.1) is 4.90 Å². The molecular weight excluding hydrogens is 284 g/mol. The Balaban J connectivity index is 2.05. The normalized spacial score (nSPS) is 24.7. The molecule has 0 saturated heterocycles. The number of nitrogens with two attached hydrogens (primary N) is 1. The summed E-state index contributed by atoms with van der Waals surface area (Å²) in [6, 6.07) is 7.58. The van der Waals surface area contributed by atoms with E-state index in [0.717, 1.165) is 11.5 Å². The van der Waals surface area contributed by atoms with Gasteiger partial charge >= 0.3 is 0 Å². The van der Waals surface area contributed by atoms with E-state index in [-0.39, 0.29) is 10.9 Å². The Hall–Kier alpha value is -0.910. The topological polar surface area (TPSA) is 72.2 Å². The van der Waals surface area contributed by atoms with Crippen LogP contribution in [0.2, 0.25) is 0 Å². The molecule has 4 nitrogen and oxygen atoms in total. The summed E-state index contributed by atoms with van der Waals surface area (Å²) in [4.78, 5) is 0.184. The maximum atomic E-state index is 11.4. The van der Waals surface area contributed by atoms with Crippen LogP contribution in [0.5, 0.6) is 0 Å². The molecule has 0 bridgehead atoms. The largest absolute Gasteiger partial charge is 0.307 e. The summed E-state index contributed by atoms with van der Waals surface area (Å²) in [5.41, 5.74) is 0.972. The lowest BCUT2D eigenvalue weighted by Gasteiger charge is -2.31. The van der Waals surface area contributed by atoms with Crippen molar-refractivity contribution < 1.29 is 8.42 Å². The second kappa shape index (κ2) is 6.90. The zero-order chi connectivity index (χ0) is 15.5. The zero-order valence-electron chi connectivity index (χ0n) is 12.9. The molecule has 2 rings (SSSR count). The van der Waals surface area contributed by atoms with Crippen LogP contribution < -0.4 is 10.5 Å². The molecule has 0 aliphatic heterocycles. The first-order valence-electron chi connectivity index (χ1n) is 7.79. The van der Waals surface area contributed by atoms with Crippen molar-refractivity contribution >= 4 is 10.0 Å². The van der Waals surface area contributed by atoms with E-state index in [1.807, 2.05) is 6.07 Å². The third-order valence-corrected chi connectivity index (χ3v) is 5.44. The highest BCUT2D eigenvalue weighted by Crippen LogP contribution is 2.28. The molecule has 1 fully saturated rings. The third-order valence-electron chi connectivity index (χ3n) is 4.53. The molecule has 0 radical (unpaired) electrons. The maximum Gasteiger partial charge on any atom is 0.238 e. The van der Waals surface area contributed by atoms with E-state index in [4.69, 9.17) is 5.14 Å². The molecule has 118 valence electrons. The summed E-state index contributed by atoms with van der Waals surface area (Å²) in [7, 11) is -3.63. The second-order valence-corrected chi connectivity index (χ2v) is 7.71. The van der Waals surface area contributed by atoms with Crippen LogP contribution in [0.25, 0.3) is 0 Å². The Morgan fingerprint density at radius 3 is 2.81 bits per heavy atom. The van der Waals surface area contributed by atoms with Crippen molar-refractivity contribution in [2.75, 3.05) is 0 Å². The van der Waals surface area contributed by atoms with Gasteiger partial charge in [-0.1, -0.05) is 38.3 Å². The molecule has 0 aromatic heterocycles. The minimum atomic E-state index is -3.63. The monoisotopic (exact) mass is 310 g/mol. The summed E-state index contributed by atoms with van der Waals surface area (Å²) >= 11 is 0. The van der Waals surface area contributed by atoms with E-state index >= 15 is 0 Å². The Labute approximate surface area is 128 Å². The number of benzene rings is 1. The predicted molar refractivity (Wildman–Crippen MR) is 85.4 cm³/mol. The Morgan fingerprint density at radius 2 is 2.14 bits per heavy atom. The van der Waals surface area contributed by atoms with Crippen molar-refractivity contribution in [3.8, 4) is 0 Å². The fourth-order valence-electron chi connectivity index (χ4n) is 3.22. The molecule has 3 unspecified atom stereocenters. The molecule has 1 aromatic rings. The van der Waals surface area contributed by atoms with Crippen LogP contribution in [0.4, 0.5) is 0 Å². The van der Waals surface area contributed by atoms with Gasteiger partial charge in [0.15, 0.2) is 0 Å². The van der Waals surface area contributed by atoms with Gasteiger partial charge in [-0.15, -0.1) is 0 Å². The molecule has 1 aliphatic carbocycles. The van der Waals surface area contributed by atoms with Gasteiger partial charge in [0.25, 0.3) is 0 Å². The Bertz CT molecular complexity index is 571. The van der Waals surface area contributed by atoms with E-state index in [1.54, 1.807) is 18.2 Å². The van der Waals surface area contributed by atoms with Gasteiger partial charge in [-0.25, -0.2) is 13.6 Å². The van der Waals surface area contributed by atoms with Gasteiger partial charge in [-0.05, 0) is 43.4 Å². The molecule has 0 heterocycles. The predicted octanol–water partition coefficient (Wildman–Crippen LogP) is 2.95. The molecule has 1 saturated carbocycles. The van der Waals surface area contributed by atoms with Crippen LogP contribution in [0.1, 0.15) is 57.6 Å². The maximum absolute atomic E-state index is 11.4. The van der Waals surface area contributed by atoms with E-state index < -0.39 is 10.0 Å². The zero-order valence-corrected chi connectivity index (χ0v) is 13.7. The SMILES string of the molecule is CCC1CCCC(NC(C)c2cccc(S(N)(=O)=O)c2)C1. The van der Waals surface area contributed by atoms with E-state index in [2.05, 4.69) is 19.2 Å². The van der Waals surface area contributed by atoms with Crippen molar-refractivity contribution in [1.82, 2.24) is 5.32 Å². The number of hydrogen-bond acceptors (Lipinski definition) is 3. The molecule has 1 aliphatic rings. The number of nitrogens with one attached hydrogen (secondary N) is 1. The number of rotatable bonds is 5. The number of primary sulfonamides is 1. The second-order valence-electron chi connectivity index (χ2n) is 6.14. The highest BCUT2D eigenvalue weighted by Gasteiger charge is 2.22. The van der Waals surface area contributed by atoms with Crippen LogP contribution >= 0.6 is 0 Å². The first-order valence-corrected chi connectivity index (χ1v) is 9.33. The fourth-order valence-corrected chi connectivity index (χ4v) is 3.79. The standard InChI is InChI=1S/C16H26N2O2S/c1-3-13-6-4-8-15(10-13)18-12(2)14-7-5-9-16(11-14)21(17,19)20/h5,7,9,11-13,15,18H,3-4,6,8,10H2,1-2H3,(H2,17,19,20). The first kappa shape index (κ1) is 16.5. The van der Waals surface area contributed by atoms with E-state index in [0.29, 0.717) is 6.04 Å². The van der Waals surface area contributed by atoms with Crippen LogP contribution in [0, 0.1) is 5.92 Å². The Kier molecular flexibility index (Phi) is 5.41. The molecule has 0 spiro atoms. The van der Waals surface area contributed by atoms with Crippen LogP contribution in [-0.4, -0.2) is 14.5 Å². The summed E-state index contributed by atoms with van der Waals surface area (Å²) < 4.78 is 22.9. The number of hydrogen-bond donors (Lipinski definition) is 2. The van der Waals surface area contributed by atoms with Crippen molar-refractivity contribution in [2.24, 2.45) is 11.1 Å². The first-order chi connectivity index (χ1) is 9.90. The average molecular weight is 310 g/mol. The molecule has 3 atom stereocenters. The minimum Gasteiger partial charge on any atom is -0.307 e. The average Bonchev–Trinajstić information content (AvgIpc) is 2.46. The highest BCUT2D eigenvalue weighted by atomic mass is 32.2. The summed E-state index contributed by atoms with van der Waals surface area (Å²) in [5.74, 6) is 0.819. The van der Waals surface area contributed by atoms with Crippen LogP contribution in [-0.2, 0) is 10.0 Å². The minimum absolute atomic E-state index is 0.132. The van der Waals surface area contributed by atoms with Crippen LogP contribution in [0.15, 0.2) is 29.2 Å². The number of sulfonamides is 1. The lowest BCUT2D eigenvalue weighted by Crippen LogP contribution is -2.35. The van der Waals surface area contributed by atoms with Crippen LogP contribution in [0.3, 0.4) is 0 Å².